The van der Waals surface area contributed by atoms with Gasteiger partial charge in [0, 0.05) is 16.4 Å². The van der Waals surface area contributed by atoms with Crippen molar-refractivity contribution in [3.8, 4) is 22.8 Å². The van der Waals surface area contributed by atoms with Crippen LogP contribution in [0.3, 0.4) is 0 Å². The minimum Gasteiger partial charge on any atom is -0.503 e. The first kappa shape index (κ1) is 22.2. The van der Waals surface area contributed by atoms with E-state index < -0.39 is 6.17 Å². The lowest BCUT2D eigenvalue weighted by Crippen LogP contribution is -2.55. The molecule has 0 amide bonds. The molecule has 0 spiro atoms. The van der Waals surface area contributed by atoms with Crippen LogP contribution in [0, 0.1) is 5.82 Å². The molecule has 1 aromatic heterocycles. The second-order valence-electron chi connectivity index (χ2n) is 7.58. The van der Waals surface area contributed by atoms with Crippen molar-refractivity contribution in [2.75, 3.05) is 12.4 Å². The fourth-order valence-corrected chi connectivity index (χ4v) is 4.90. The lowest BCUT2D eigenvalue weighted by molar-refractivity contribution is -0.759. The Bertz CT molecular complexity index is 1460. The number of aromatic hydroxyl groups is 1. The van der Waals surface area contributed by atoms with E-state index in [4.69, 9.17) is 16.3 Å². The molecule has 0 saturated heterocycles. The Labute approximate surface area is 203 Å². The number of aromatic amines is 1. The molecule has 4 aromatic rings. The third kappa shape index (κ3) is 3.97. The average Bonchev–Trinajstić information content (AvgIpc) is 2.84. The molecule has 172 valence electrons. The van der Waals surface area contributed by atoms with Gasteiger partial charge in [-0.1, -0.05) is 53.7 Å². The van der Waals surface area contributed by atoms with Crippen molar-refractivity contribution >= 4 is 29.1 Å². The number of H-pyrrole nitrogens is 1. The minimum atomic E-state index is -0.619. The molecule has 7 nitrogen and oxygen atoms in total. The highest BCUT2D eigenvalue weighted by atomic mass is 35.5. The molecule has 34 heavy (non-hydrogen) atoms. The van der Waals surface area contributed by atoms with Crippen LogP contribution in [0.2, 0.25) is 5.02 Å². The van der Waals surface area contributed by atoms with Gasteiger partial charge in [0.15, 0.2) is 11.5 Å². The number of rotatable bonds is 5. The number of aromatic nitrogens is 3. The highest BCUT2D eigenvalue weighted by molar-refractivity contribution is 7.98. The van der Waals surface area contributed by atoms with Crippen molar-refractivity contribution in [3.63, 3.8) is 0 Å². The van der Waals surface area contributed by atoms with E-state index >= 15 is 0 Å². The Hall–Kier alpha value is -3.56. The first-order valence-electron chi connectivity index (χ1n) is 10.3. The van der Waals surface area contributed by atoms with Crippen molar-refractivity contribution in [1.82, 2.24) is 10.1 Å². The zero-order valence-electron chi connectivity index (χ0n) is 17.9. The first-order chi connectivity index (χ1) is 16.5. The summed E-state index contributed by atoms with van der Waals surface area (Å²) in [6.07, 6.45) is -0.619. The molecule has 3 aromatic carbocycles. The number of halogens is 2. The van der Waals surface area contributed by atoms with Crippen LogP contribution in [0.1, 0.15) is 17.3 Å². The van der Waals surface area contributed by atoms with Gasteiger partial charge in [0.05, 0.1) is 23.4 Å². The Morgan fingerprint density at radius 2 is 1.97 bits per heavy atom. The number of ether oxygens (including phenoxy) is 1. The van der Waals surface area contributed by atoms with Crippen molar-refractivity contribution in [3.05, 3.63) is 93.0 Å². The Morgan fingerprint density at radius 3 is 2.76 bits per heavy atom. The monoisotopic (exact) mass is 497 g/mol. The molecular weight excluding hydrogens is 479 g/mol. The van der Waals surface area contributed by atoms with Crippen LogP contribution in [-0.4, -0.2) is 22.3 Å². The van der Waals surface area contributed by atoms with Crippen LogP contribution in [0.25, 0.3) is 11.3 Å². The highest BCUT2D eigenvalue weighted by Gasteiger charge is 2.38. The number of anilines is 1. The Balaban J connectivity index is 1.62. The lowest BCUT2D eigenvalue weighted by Gasteiger charge is -2.23. The number of para-hydroxylation sites is 1. The van der Waals surface area contributed by atoms with E-state index in [-0.39, 0.29) is 27.9 Å². The summed E-state index contributed by atoms with van der Waals surface area (Å²) in [6, 6.07) is 17.1. The van der Waals surface area contributed by atoms with Gasteiger partial charge in [0.1, 0.15) is 5.82 Å². The molecule has 0 bridgehead atoms. The SMILES string of the molecule is COc1cc([C@@H]2Nc3ccccc3-c3c(=O)[nH]c(SCc4ccccc4F)n[n+]32)cc(Cl)c1O. The maximum Gasteiger partial charge on any atom is 0.325 e. The van der Waals surface area contributed by atoms with E-state index in [0.29, 0.717) is 33.3 Å². The number of nitrogens with zero attached hydrogens (tertiary/aromatic N) is 2. The molecule has 1 aliphatic heterocycles. The maximum absolute atomic E-state index is 14.1. The number of phenolic OH excluding ortho intramolecular Hbond substituents is 1. The zero-order valence-corrected chi connectivity index (χ0v) is 19.5. The van der Waals surface area contributed by atoms with E-state index in [0.717, 1.165) is 5.69 Å². The summed E-state index contributed by atoms with van der Waals surface area (Å²) >= 11 is 7.46. The number of phenols is 1. The van der Waals surface area contributed by atoms with Crippen LogP contribution in [0.5, 0.6) is 11.5 Å². The van der Waals surface area contributed by atoms with Crippen molar-refractivity contribution < 1.29 is 18.9 Å². The number of thioether (sulfide) groups is 1. The summed E-state index contributed by atoms with van der Waals surface area (Å²) < 4.78 is 20.9. The Morgan fingerprint density at radius 1 is 1.21 bits per heavy atom. The molecule has 0 unspecified atom stereocenters. The number of benzene rings is 3. The van der Waals surface area contributed by atoms with Crippen molar-refractivity contribution in [2.45, 2.75) is 17.1 Å². The third-order valence-electron chi connectivity index (χ3n) is 5.49. The Kier molecular flexibility index (Phi) is 5.89. The standard InChI is InChI=1S/C24H18ClFN4O3S/c1-33-19-11-14(10-16(25)21(19)31)22-27-18-9-5-3-7-15(18)20-23(32)28-24(29-30(20)22)34-12-13-6-2-4-8-17(13)26/h2-11,22H,12H2,1H3,(H2,28,29,31,32)/p+1/t22-/m1/s1. The van der Waals surface area contributed by atoms with E-state index in [1.54, 1.807) is 35.0 Å². The minimum absolute atomic E-state index is 0.108. The van der Waals surface area contributed by atoms with Gasteiger partial charge in [-0.3, -0.25) is 9.78 Å². The van der Waals surface area contributed by atoms with E-state index in [9.17, 15) is 14.3 Å². The van der Waals surface area contributed by atoms with E-state index in [2.05, 4.69) is 15.4 Å². The van der Waals surface area contributed by atoms with E-state index in [1.165, 1.54) is 24.9 Å². The molecule has 1 atom stereocenters. The van der Waals surface area contributed by atoms with E-state index in [1.807, 2.05) is 24.3 Å². The van der Waals surface area contributed by atoms with Gasteiger partial charge < -0.3 is 15.2 Å². The normalized spacial score (nSPS) is 14.1. The number of fused-ring (bicyclic) bond motifs is 3. The summed E-state index contributed by atoms with van der Waals surface area (Å²) in [6.45, 7) is 0. The molecule has 10 heteroatoms. The fourth-order valence-electron chi connectivity index (χ4n) is 3.85. The van der Waals surface area contributed by atoms with Gasteiger partial charge in [-0.25, -0.2) is 4.39 Å². The fraction of sp³-hybridized carbons (Fsp3) is 0.125. The van der Waals surface area contributed by atoms with Gasteiger partial charge in [-0.2, -0.15) is 0 Å². The van der Waals surface area contributed by atoms with Crippen LogP contribution >= 0.6 is 23.4 Å². The molecule has 0 radical (unpaired) electrons. The van der Waals surface area contributed by atoms with Gasteiger partial charge in [0.25, 0.3) is 6.17 Å². The molecule has 0 fully saturated rings. The largest absolute Gasteiger partial charge is 0.503 e. The summed E-state index contributed by atoms with van der Waals surface area (Å²) in [5.74, 6) is 0.00333. The quantitative estimate of drug-likeness (QED) is 0.278. The summed E-state index contributed by atoms with van der Waals surface area (Å²) in [7, 11) is 1.43. The number of nitrogens with one attached hydrogen (secondary N) is 2. The van der Waals surface area contributed by atoms with Crippen LogP contribution < -0.4 is 20.3 Å². The summed E-state index contributed by atoms with van der Waals surface area (Å²) in [4.78, 5) is 16.0. The summed E-state index contributed by atoms with van der Waals surface area (Å²) in [5, 5.41) is 18.7. The molecule has 0 saturated carbocycles. The lowest BCUT2D eigenvalue weighted by atomic mass is 10.0. The molecule has 1 aliphatic rings. The molecule has 3 N–H and O–H groups in total. The zero-order chi connectivity index (χ0) is 23.8. The van der Waals surface area contributed by atoms with Gasteiger partial charge in [-0.15, -0.1) is 0 Å². The van der Waals surface area contributed by atoms with Crippen LogP contribution in [0.4, 0.5) is 10.1 Å². The van der Waals surface area contributed by atoms with Crippen molar-refractivity contribution in [1.29, 1.82) is 0 Å². The van der Waals surface area contributed by atoms with Crippen LogP contribution in [0.15, 0.2) is 70.6 Å². The molecule has 2 heterocycles. The van der Waals surface area contributed by atoms with Gasteiger partial charge >= 0.3 is 11.3 Å². The number of hydrogen-bond donors (Lipinski definition) is 3. The number of methoxy groups -OCH3 is 1. The topological polar surface area (TPSA) is 91.1 Å². The average molecular weight is 498 g/mol. The smallest absolute Gasteiger partial charge is 0.325 e. The first-order valence-corrected chi connectivity index (χ1v) is 11.7. The molecule has 5 rings (SSSR count). The third-order valence-corrected chi connectivity index (χ3v) is 6.69. The predicted molar refractivity (Wildman–Crippen MR) is 128 cm³/mol. The van der Waals surface area contributed by atoms with Crippen LogP contribution in [-0.2, 0) is 5.75 Å². The highest BCUT2D eigenvalue weighted by Crippen LogP contribution is 2.39. The second kappa shape index (κ2) is 9.00. The number of hydrogen-bond acceptors (Lipinski definition) is 6. The predicted octanol–water partition coefficient (Wildman–Crippen LogP) is 4.50. The molecular formula is C24H19ClFN4O3S+. The van der Waals surface area contributed by atoms with Gasteiger partial charge in [0.2, 0.25) is 5.16 Å². The summed E-state index contributed by atoms with van der Waals surface area (Å²) in [5.41, 5.74) is 2.60. The van der Waals surface area contributed by atoms with Gasteiger partial charge in [-0.05, 0) is 40.6 Å². The molecule has 0 aliphatic carbocycles. The second-order valence-corrected chi connectivity index (χ2v) is 8.95. The maximum atomic E-state index is 14.1. The van der Waals surface area contributed by atoms with Crippen molar-refractivity contribution in [2.24, 2.45) is 0 Å².